The number of nitrogens with one attached hydrogen (secondary N) is 1. The molecule has 0 aromatic heterocycles. The van der Waals surface area contributed by atoms with Gasteiger partial charge in [-0.05, 0) is 36.5 Å². The van der Waals surface area contributed by atoms with Crippen LogP contribution in [0.4, 0.5) is 0 Å². The number of amides is 1. The van der Waals surface area contributed by atoms with Crippen molar-refractivity contribution in [3.63, 3.8) is 0 Å². The van der Waals surface area contributed by atoms with Gasteiger partial charge >= 0.3 is 0 Å². The van der Waals surface area contributed by atoms with Crippen molar-refractivity contribution in [3.05, 3.63) is 48.2 Å². The number of nitrogens with zero attached hydrogens (tertiary/aromatic N) is 1. The van der Waals surface area contributed by atoms with Gasteiger partial charge in [0, 0.05) is 12.1 Å². The summed E-state index contributed by atoms with van der Waals surface area (Å²) in [6, 6.07) is 0. The molecule has 1 fully saturated rings. The second kappa shape index (κ2) is 5.11. The molecule has 0 aromatic carbocycles. The Balaban J connectivity index is 2.28. The second-order valence-electron chi connectivity index (χ2n) is 3.89. The van der Waals surface area contributed by atoms with E-state index in [1.165, 1.54) is 29.2 Å². The van der Waals surface area contributed by atoms with E-state index < -0.39 is 0 Å². The van der Waals surface area contributed by atoms with Gasteiger partial charge in [-0.15, -0.1) is 6.58 Å². The number of allylic oxidation sites excluding steroid dienone is 5. The van der Waals surface area contributed by atoms with Crippen LogP contribution in [0.2, 0.25) is 0 Å². The molecule has 2 aliphatic rings. The van der Waals surface area contributed by atoms with Gasteiger partial charge in [0.2, 0.25) is 0 Å². The van der Waals surface area contributed by atoms with Crippen molar-refractivity contribution in [3.8, 4) is 0 Å². The Kier molecular flexibility index (Phi) is 3.52. The molecule has 1 aliphatic heterocycles. The zero-order valence-corrected chi connectivity index (χ0v) is 10.7. The first-order chi connectivity index (χ1) is 9.02. The van der Waals surface area contributed by atoms with E-state index in [9.17, 15) is 14.4 Å². The van der Waals surface area contributed by atoms with E-state index in [1.54, 1.807) is 6.08 Å². The average Bonchev–Trinajstić information content (AvgIpc) is 2.62. The molecule has 0 spiro atoms. The minimum Gasteiger partial charge on any atom is -0.328 e. The highest BCUT2D eigenvalue weighted by molar-refractivity contribution is 7.80. The summed E-state index contributed by atoms with van der Waals surface area (Å²) in [5.41, 5.74) is 0.334. The summed E-state index contributed by atoms with van der Waals surface area (Å²) in [5.74, 6) is -0.960. The van der Waals surface area contributed by atoms with Crippen LogP contribution in [0.15, 0.2) is 48.2 Å². The van der Waals surface area contributed by atoms with Gasteiger partial charge in [-0.2, -0.15) is 0 Å². The Bertz CT molecular complexity index is 599. The summed E-state index contributed by atoms with van der Waals surface area (Å²) in [6.07, 6.45) is 6.42. The predicted molar refractivity (Wildman–Crippen MR) is 73.0 cm³/mol. The van der Waals surface area contributed by atoms with Gasteiger partial charge in [-0.1, -0.05) is 6.08 Å². The minimum absolute atomic E-state index is 0.159. The molecule has 2 rings (SSSR count). The number of hydrogen-bond acceptors (Lipinski definition) is 4. The predicted octanol–water partition coefficient (Wildman–Crippen LogP) is 0.407. The SMILES string of the molecule is C=CCN1C(=O)/C(=C/C2=CC(=O)C=CC2=O)NC1=S. The van der Waals surface area contributed by atoms with Gasteiger partial charge in [0.25, 0.3) is 5.91 Å². The zero-order valence-electron chi connectivity index (χ0n) is 9.88. The van der Waals surface area contributed by atoms with E-state index in [4.69, 9.17) is 12.2 Å². The molecule has 1 N–H and O–H groups in total. The Labute approximate surface area is 115 Å². The Morgan fingerprint density at radius 3 is 2.74 bits per heavy atom. The van der Waals surface area contributed by atoms with E-state index in [2.05, 4.69) is 11.9 Å². The first kappa shape index (κ1) is 13.1. The van der Waals surface area contributed by atoms with Crippen molar-refractivity contribution >= 4 is 34.8 Å². The third-order valence-corrected chi connectivity index (χ3v) is 2.88. The fraction of sp³-hybridized carbons (Fsp3) is 0.0769. The molecule has 0 radical (unpaired) electrons. The largest absolute Gasteiger partial charge is 0.328 e. The first-order valence-corrected chi connectivity index (χ1v) is 5.87. The van der Waals surface area contributed by atoms with Crippen LogP contribution in [0.25, 0.3) is 0 Å². The fourth-order valence-electron chi connectivity index (χ4n) is 1.66. The van der Waals surface area contributed by atoms with E-state index in [0.29, 0.717) is 0 Å². The van der Waals surface area contributed by atoms with Crippen molar-refractivity contribution in [1.82, 2.24) is 10.2 Å². The number of carbonyl (C=O) groups is 3. The standard InChI is InChI=1S/C13H10N2O3S/c1-2-5-15-12(18)10(14-13(15)19)7-8-6-9(16)3-4-11(8)17/h2-4,6-7H,1,5H2,(H,14,19)/b10-7-. The molecule has 5 nitrogen and oxygen atoms in total. The van der Waals surface area contributed by atoms with Gasteiger partial charge in [0.1, 0.15) is 5.70 Å². The van der Waals surface area contributed by atoms with E-state index in [1.807, 2.05) is 0 Å². The normalized spacial score (nSPS) is 20.9. The van der Waals surface area contributed by atoms with Gasteiger partial charge in [-0.3, -0.25) is 19.3 Å². The molecule has 0 atom stereocenters. The van der Waals surface area contributed by atoms with Crippen LogP contribution in [-0.2, 0) is 14.4 Å². The van der Waals surface area contributed by atoms with Crippen molar-refractivity contribution < 1.29 is 14.4 Å². The first-order valence-electron chi connectivity index (χ1n) is 5.46. The summed E-state index contributed by atoms with van der Waals surface area (Å²) in [6.45, 7) is 3.82. The van der Waals surface area contributed by atoms with Crippen LogP contribution >= 0.6 is 12.2 Å². The maximum absolute atomic E-state index is 12.0. The van der Waals surface area contributed by atoms with Crippen molar-refractivity contribution in [1.29, 1.82) is 0 Å². The summed E-state index contributed by atoms with van der Waals surface area (Å²) in [4.78, 5) is 36.1. The smallest absolute Gasteiger partial charge is 0.276 e. The van der Waals surface area contributed by atoms with Crippen LogP contribution in [0.3, 0.4) is 0 Å². The summed E-state index contributed by atoms with van der Waals surface area (Å²) in [7, 11) is 0. The fourth-order valence-corrected chi connectivity index (χ4v) is 1.93. The lowest BCUT2D eigenvalue weighted by Gasteiger charge is -2.09. The molecular weight excluding hydrogens is 264 g/mol. The lowest BCUT2D eigenvalue weighted by Crippen LogP contribution is -2.30. The molecule has 96 valence electrons. The number of hydrogen-bond donors (Lipinski definition) is 1. The highest BCUT2D eigenvalue weighted by atomic mass is 32.1. The van der Waals surface area contributed by atoms with Gasteiger partial charge in [-0.25, -0.2) is 0 Å². The number of rotatable bonds is 3. The lowest BCUT2D eigenvalue weighted by atomic mass is 10.0. The minimum atomic E-state index is -0.347. The maximum Gasteiger partial charge on any atom is 0.276 e. The molecule has 19 heavy (non-hydrogen) atoms. The van der Waals surface area contributed by atoms with Gasteiger partial charge < -0.3 is 5.32 Å². The van der Waals surface area contributed by atoms with Crippen LogP contribution in [0, 0.1) is 0 Å². The molecule has 1 saturated heterocycles. The number of thiocarbonyl (C=S) groups is 1. The Hall–Kier alpha value is -2.34. The molecule has 0 saturated carbocycles. The Morgan fingerprint density at radius 2 is 2.05 bits per heavy atom. The number of carbonyl (C=O) groups excluding carboxylic acids is 3. The maximum atomic E-state index is 12.0. The topological polar surface area (TPSA) is 66.5 Å². The molecule has 0 bridgehead atoms. The van der Waals surface area contributed by atoms with E-state index in [-0.39, 0.29) is 40.4 Å². The molecule has 0 unspecified atom stereocenters. The van der Waals surface area contributed by atoms with Crippen LogP contribution < -0.4 is 5.32 Å². The highest BCUT2D eigenvalue weighted by Gasteiger charge is 2.30. The second-order valence-corrected chi connectivity index (χ2v) is 4.28. The van der Waals surface area contributed by atoms with E-state index in [0.717, 1.165) is 0 Å². The monoisotopic (exact) mass is 274 g/mol. The van der Waals surface area contributed by atoms with Gasteiger partial charge in [0.15, 0.2) is 16.7 Å². The quantitative estimate of drug-likeness (QED) is 0.349. The molecular formula is C13H10N2O3S. The third kappa shape index (κ3) is 2.58. The molecule has 6 heteroatoms. The lowest BCUT2D eigenvalue weighted by molar-refractivity contribution is -0.122. The van der Waals surface area contributed by atoms with E-state index >= 15 is 0 Å². The third-order valence-electron chi connectivity index (χ3n) is 2.56. The van der Waals surface area contributed by atoms with Gasteiger partial charge in [0.05, 0.1) is 0 Å². The van der Waals surface area contributed by atoms with Crippen molar-refractivity contribution in [2.75, 3.05) is 6.54 Å². The molecule has 0 aromatic rings. The molecule has 1 amide bonds. The van der Waals surface area contributed by atoms with Crippen molar-refractivity contribution in [2.24, 2.45) is 0 Å². The van der Waals surface area contributed by atoms with Crippen LogP contribution in [-0.4, -0.2) is 34.0 Å². The zero-order chi connectivity index (χ0) is 14.0. The Morgan fingerprint density at radius 1 is 1.32 bits per heavy atom. The summed E-state index contributed by atoms with van der Waals surface area (Å²) < 4.78 is 0. The number of ketones is 2. The molecule has 1 heterocycles. The average molecular weight is 274 g/mol. The molecule has 1 aliphatic carbocycles. The van der Waals surface area contributed by atoms with Crippen LogP contribution in [0.1, 0.15) is 0 Å². The van der Waals surface area contributed by atoms with Crippen molar-refractivity contribution in [2.45, 2.75) is 0 Å². The van der Waals surface area contributed by atoms with Crippen LogP contribution in [0.5, 0.6) is 0 Å². The highest BCUT2D eigenvalue weighted by Crippen LogP contribution is 2.15. The summed E-state index contributed by atoms with van der Waals surface area (Å²) >= 11 is 5.00. The summed E-state index contributed by atoms with van der Waals surface area (Å²) in [5, 5.41) is 2.97.